The van der Waals surface area contributed by atoms with E-state index >= 15 is 0 Å². The van der Waals surface area contributed by atoms with Crippen LogP contribution in [0.1, 0.15) is 11.4 Å². The van der Waals surface area contributed by atoms with Gasteiger partial charge in [0.2, 0.25) is 5.95 Å². The van der Waals surface area contributed by atoms with Crippen LogP contribution in [-0.2, 0) is 9.59 Å². The number of carboxylic acid groups (broad SMARTS) is 1. The molecule has 0 saturated heterocycles. The first kappa shape index (κ1) is 10.1. The zero-order valence-electron chi connectivity index (χ0n) is 7.74. The molecule has 0 fully saturated rings. The molecule has 0 spiro atoms. The highest BCUT2D eigenvalue weighted by Gasteiger charge is 2.12. The van der Waals surface area contributed by atoms with E-state index in [0.29, 0.717) is 11.4 Å². The molecule has 2 N–H and O–H groups in total. The van der Waals surface area contributed by atoms with Crippen LogP contribution in [0, 0.1) is 13.8 Å². The van der Waals surface area contributed by atoms with Gasteiger partial charge in [0.05, 0.1) is 0 Å². The fourth-order valence-electron chi connectivity index (χ4n) is 0.937. The van der Waals surface area contributed by atoms with Gasteiger partial charge in [0, 0.05) is 11.4 Å². The summed E-state index contributed by atoms with van der Waals surface area (Å²) in [6, 6.07) is 1.72. The third-order valence-corrected chi connectivity index (χ3v) is 1.40. The van der Waals surface area contributed by atoms with E-state index in [0.717, 1.165) is 0 Å². The molecular weight excluding hydrogens is 186 g/mol. The maximum absolute atomic E-state index is 10.7. The molecule has 1 amide bonds. The van der Waals surface area contributed by atoms with Crippen molar-refractivity contribution in [2.45, 2.75) is 13.8 Å². The molecule has 0 atom stereocenters. The fraction of sp³-hybridized carbons (Fsp3) is 0.250. The second kappa shape index (κ2) is 3.82. The molecule has 0 aliphatic heterocycles. The number of aliphatic carboxylic acids is 1. The number of nitrogens with zero attached hydrogens (tertiary/aromatic N) is 2. The number of nitrogens with one attached hydrogen (secondary N) is 1. The number of hydrogen-bond donors (Lipinski definition) is 2. The average Bonchev–Trinajstić information content (AvgIpc) is 2.01. The fourth-order valence-corrected chi connectivity index (χ4v) is 0.937. The van der Waals surface area contributed by atoms with Crippen molar-refractivity contribution in [3.05, 3.63) is 17.5 Å². The number of anilines is 1. The van der Waals surface area contributed by atoms with Gasteiger partial charge in [-0.05, 0) is 19.9 Å². The Morgan fingerprint density at radius 2 is 1.79 bits per heavy atom. The van der Waals surface area contributed by atoms with E-state index in [1.54, 1.807) is 19.9 Å². The van der Waals surface area contributed by atoms with Crippen molar-refractivity contribution >= 4 is 17.8 Å². The van der Waals surface area contributed by atoms with Gasteiger partial charge in [-0.2, -0.15) is 0 Å². The van der Waals surface area contributed by atoms with Crippen molar-refractivity contribution in [3.8, 4) is 0 Å². The largest absolute Gasteiger partial charge is 0.474 e. The molecule has 1 aromatic rings. The van der Waals surface area contributed by atoms with Crippen molar-refractivity contribution in [2.24, 2.45) is 0 Å². The van der Waals surface area contributed by atoms with Gasteiger partial charge in [-0.3, -0.25) is 10.1 Å². The molecule has 1 heterocycles. The standard InChI is InChI=1S/C8H9N3O3/c1-4-3-5(2)10-8(9-4)11-6(12)7(13)14/h3H,1-2H3,(H,13,14)(H,9,10,11,12). The molecule has 74 valence electrons. The van der Waals surface area contributed by atoms with Crippen molar-refractivity contribution < 1.29 is 14.7 Å². The average molecular weight is 195 g/mol. The van der Waals surface area contributed by atoms with Crippen LogP contribution in [0.4, 0.5) is 5.95 Å². The van der Waals surface area contributed by atoms with Gasteiger partial charge in [-0.1, -0.05) is 0 Å². The first-order valence-electron chi connectivity index (χ1n) is 3.85. The lowest BCUT2D eigenvalue weighted by atomic mass is 10.4. The first-order valence-corrected chi connectivity index (χ1v) is 3.85. The molecular formula is C8H9N3O3. The minimum atomic E-state index is -1.56. The van der Waals surface area contributed by atoms with Crippen LogP contribution < -0.4 is 5.32 Å². The number of amides is 1. The Hall–Kier alpha value is -1.98. The van der Waals surface area contributed by atoms with Gasteiger partial charge in [0.1, 0.15) is 0 Å². The quantitative estimate of drug-likeness (QED) is 0.621. The minimum absolute atomic E-state index is 0.00917. The number of carbonyl (C=O) groups is 2. The first-order chi connectivity index (χ1) is 6.49. The topological polar surface area (TPSA) is 92.2 Å². The number of hydrogen-bond acceptors (Lipinski definition) is 4. The maximum atomic E-state index is 10.7. The van der Waals surface area contributed by atoms with E-state index in [1.165, 1.54) is 0 Å². The van der Waals surface area contributed by atoms with Gasteiger partial charge in [0.25, 0.3) is 0 Å². The van der Waals surface area contributed by atoms with Crippen LogP contribution in [-0.4, -0.2) is 27.0 Å². The Morgan fingerprint density at radius 1 is 1.29 bits per heavy atom. The van der Waals surface area contributed by atoms with Crippen molar-refractivity contribution in [1.29, 1.82) is 0 Å². The minimum Gasteiger partial charge on any atom is -0.474 e. The Kier molecular flexibility index (Phi) is 2.76. The van der Waals surface area contributed by atoms with E-state index in [1.807, 2.05) is 0 Å². The highest BCUT2D eigenvalue weighted by atomic mass is 16.4. The zero-order valence-corrected chi connectivity index (χ0v) is 7.74. The predicted molar refractivity (Wildman–Crippen MR) is 47.8 cm³/mol. The summed E-state index contributed by atoms with van der Waals surface area (Å²) in [5.74, 6) is -2.70. The van der Waals surface area contributed by atoms with E-state index in [-0.39, 0.29) is 5.95 Å². The Labute approximate surface area is 80.0 Å². The lowest BCUT2D eigenvalue weighted by Crippen LogP contribution is -2.23. The number of aromatic nitrogens is 2. The number of carbonyl (C=O) groups excluding carboxylic acids is 1. The Bertz CT molecular complexity index is 369. The van der Waals surface area contributed by atoms with Crippen LogP contribution in [0.2, 0.25) is 0 Å². The molecule has 0 bridgehead atoms. The molecule has 14 heavy (non-hydrogen) atoms. The van der Waals surface area contributed by atoms with Crippen LogP contribution in [0.25, 0.3) is 0 Å². The molecule has 0 aromatic carbocycles. The van der Waals surface area contributed by atoms with Crippen LogP contribution in [0.15, 0.2) is 6.07 Å². The monoisotopic (exact) mass is 195 g/mol. The Balaban J connectivity index is 2.87. The molecule has 1 rings (SSSR count). The molecule has 1 aromatic heterocycles. The SMILES string of the molecule is Cc1cc(C)nc(NC(=O)C(=O)O)n1. The van der Waals surface area contributed by atoms with Gasteiger partial charge in [-0.15, -0.1) is 0 Å². The van der Waals surface area contributed by atoms with Crippen LogP contribution in [0.5, 0.6) is 0 Å². The molecule has 0 aliphatic carbocycles. The second-order valence-electron chi connectivity index (χ2n) is 2.73. The van der Waals surface area contributed by atoms with E-state index < -0.39 is 11.9 Å². The lowest BCUT2D eigenvalue weighted by molar-refractivity contribution is -0.147. The summed E-state index contributed by atoms with van der Waals surface area (Å²) in [4.78, 5) is 28.7. The van der Waals surface area contributed by atoms with Crippen LogP contribution in [0.3, 0.4) is 0 Å². The lowest BCUT2D eigenvalue weighted by Gasteiger charge is -2.02. The summed E-state index contributed by atoms with van der Waals surface area (Å²) >= 11 is 0. The van der Waals surface area contributed by atoms with Crippen LogP contribution >= 0.6 is 0 Å². The summed E-state index contributed by atoms with van der Waals surface area (Å²) in [5.41, 5.74) is 1.33. The van der Waals surface area contributed by atoms with E-state index in [4.69, 9.17) is 5.11 Å². The van der Waals surface area contributed by atoms with E-state index in [9.17, 15) is 9.59 Å². The highest BCUT2D eigenvalue weighted by Crippen LogP contribution is 2.03. The summed E-state index contributed by atoms with van der Waals surface area (Å²) in [6.45, 7) is 3.45. The molecule has 6 heteroatoms. The molecule has 0 radical (unpaired) electrons. The molecule has 0 aliphatic rings. The second-order valence-corrected chi connectivity index (χ2v) is 2.73. The third kappa shape index (κ3) is 2.51. The summed E-state index contributed by atoms with van der Waals surface area (Å²) in [6.07, 6.45) is 0. The summed E-state index contributed by atoms with van der Waals surface area (Å²) in [5, 5.41) is 10.4. The zero-order chi connectivity index (χ0) is 10.7. The highest BCUT2D eigenvalue weighted by molar-refractivity contribution is 6.36. The number of carboxylic acids is 1. The van der Waals surface area contributed by atoms with Crippen molar-refractivity contribution in [2.75, 3.05) is 5.32 Å². The normalized spacial score (nSPS) is 9.57. The maximum Gasteiger partial charge on any atom is 0.394 e. The smallest absolute Gasteiger partial charge is 0.394 e. The van der Waals surface area contributed by atoms with Gasteiger partial charge >= 0.3 is 11.9 Å². The number of aryl methyl sites for hydroxylation is 2. The predicted octanol–water partition coefficient (Wildman–Crippen LogP) is 0.117. The number of rotatable bonds is 1. The Morgan fingerprint density at radius 3 is 2.21 bits per heavy atom. The molecule has 6 nitrogen and oxygen atoms in total. The van der Waals surface area contributed by atoms with E-state index in [2.05, 4.69) is 15.3 Å². The van der Waals surface area contributed by atoms with Gasteiger partial charge in [-0.25, -0.2) is 14.8 Å². The molecule has 0 saturated carbocycles. The molecule has 0 unspecified atom stereocenters. The summed E-state index contributed by atoms with van der Waals surface area (Å²) in [7, 11) is 0. The van der Waals surface area contributed by atoms with Crippen molar-refractivity contribution in [3.63, 3.8) is 0 Å². The van der Waals surface area contributed by atoms with Gasteiger partial charge < -0.3 is 5.11 Å². The van der Waals surface area contributed by atoms with Gasteiger partial charge in [0.15, 0.2) is 0 Å². The third-order valence-electron chi connectivity index (χ3n) is 1.40. The summed E-state index contributed by atoms with van der Waals surface area (Å²) < 4.78 is 0. The van der Waals surface area contributed by atoms with Crippen molar-refractivity contribution in [1.82, 2.24) is 9.97 Å².